The molecule has 0 bridgehead atoms. The van der Waals surface area contributed by atoms with Gasteiger partial charge in [0.15, 0.2) is 16.7 Å². The Hall–Kier alpha value is -3.33. The quantitative estimate of drug-likeness (QED) is 0.448. The zero-order valence-corrected chi connectivity index (χ0v) is 17.7. The standard InChI is InChI=1S/C22H20FN3O4S/c1-29-16-8-7-12(9-17(16)30-2)14-10-18(27)24-20-19(14)21(28)26-22(25-20)31-11-13-5-3-4-6-15(13)23/h3-9,14H,10-11H2,1-2H3,(H2,24,25,26,27,28)/t14-/m1/s1. The number of fused-ring (bicyclic) bond motifs is 1. The van der Waals surface area contributed by atoms with Crippen molar-refractivity contribution >= 4 is 23.5 Å². The van der Waals surface area contributed by atoms with Crippen molar-refractivity contribution in [3.8, 4) is 11.5 Å². The second-order valence-corrected chi connectivity index (χ2v) is 7.90. The number of rotatable bonds is 6. The third-order valence-electron chi connectivity index (χ3n) is 5.06. The monoisotopic (exact) mass is 441 g/mol. The second-order valence-electron chi connectivity index (χ2n) is 6.93. The van der Waals surface area contributed by atoms with Crippen LogP contribution in [0.1, 0.15) is 29.0 Å². The van der Waals surface area contributed by atoms with Crippen molar-refractivity contribution in [2.24, 2.45) is 0 Å². The van der Waals surface area contributed by atoms with E-state index in [0.29, 0.717) is 33.5 Å². The molecule has 1 atom stereocenters. The molecular formula is C22H20FN3O4S. The molecule has 2 N–H and O–H groups in total. The van der Waals surface area contributed by atoms with Crippen LogP contribution < -0.4 is 20.3 Å². The molecule has 3 aromatic rings. The zero-order chi connectivity index (χ0) is 22.0. The lowest BCUT2D eigenvalue weighted by Crippen LogP contribution is -2.31. The number of H-pyrrole nitrogens is 1. The van der Waals surface area contributed by atoms with Crippen molar-refractivity contribution in [3.05, 3.63) is 75.3 Å². The maximum absolute atomic E-state index is 13.9. The molecular weight excluding hydrogens is 421 g/mol. The van der Waals surface area contributed by atoms with E-state index in [1.165, 1.54) is 32.0 Å². The van der Waals surface area contributed by atoms with E-state index in [9.17, 15) is 14.0 Å². The van der Waals surface area contributed by atoms with Gasteiger partial charge in [-0.05, 0) is 29.3 Å². The molecule has 1 aliphatic rings. The highest BCUT2D eigenvalue weighted by Gasteiger charge is 2.31. The van der Waals surface area contributed by atoms with Crippen LogP contribution in [0.5, 0.6) is 11.5 Å². The minimum Gasteiger partial charge on any atom is -0.493 e. The summed E-state index contributed by atoms with van der Waals surface area (Å²) in [5, 5.41) is 2.99. The van der Waals surface area contributed by atoms with E-state index in [-0.39, 0.29) is 29.5 Å². The van der Waals surface area contributed by atoms with Crippen molar-refractivity contribution in [1.82, 2.24) is 9.97 Å². The van der Waals surface area contributed by atoms with Gasteiger partial charge in [0.25, 0.3) is 5.56 Å². The van der Waals surface area contributed by atoms with E-state index in [1.807, 2.05) is 0 Å². The first-order chi connectivity index (χ1) is 15.0. The largest absolute Gasteiger partial charge is 0.493 e. The summed E-state index contributed by atoms with van der Waals surface area (Å²) in [4.78, 5) is 32.5. The number of ether oxygens (including phenoxy) is 2. The number of methoxy groups -OCH3 is 2. The van der Waals surface area contributed by atoms with Crippen molar-refractivity contribution in [3.63, 3.8) is 0 Å². The molecule has 1 aromatic heterocycles. The highest BCUT2D eigenvalue weighted by molar-refractivity contribution is 7.98. The molecule has 0 fully saturated rings. The number of carbonyl (C=O) groups is 1. The Balaban J connectivity index is 1.67. The van der Waals surface area contributed by atoms with Crippen LogP contribution in [0.2, 0.25) is 0 Å². The minimum atomic E-state index is -0.481. The van der Waals surface area contributed by atoms with Gasteiger partial charge in [0.05, 0.1) is 19.8 Å². The first-order valence-electron chi connectivity index (χ1n) is 9.52. The number of anilines is 1. The van der Waals surface area contributed by atoms with Crippen LogP contribution in [0.4, 0.5) is 10.2 Å². The maximum atomic E-state index is 13.9. The maximum Gasteiger partial charge on any atom is 0.257 e. The number of halogens is 1. The summed E-state index contributed by atoms with van der Waals surface area (Å²) in [6.07, 6.45) is 0.106. The van der Waals surface area contributed by atoms with Gasteiger partial charge in [-0.2, -0.15) is 0 Å². The Labute approximate surface area is 182 Å². The number of benzene rings is 2. The highest BCUT2D eigenvalue weighted by Crippen LogP contribution is 2.38. The SMILES string of the molecule is COc1ccc([C@H]2CC(=O)Nc3nc(SCc4ccccc4F)[nH]c(=O)c32)cc1OC. The average Bonchev–Trinajstić information content (AvgIpc) is 2.77. The number of hydrogen-bond acceptors (Lipinski definition) is 6. The summed E-state index contributed by atoms with van der Waals surface area (Å²) in [6, 6.07) is 11.7. The fraction of sp³-hybridized carbons (Fsp3) is 0.227. The molecule has 1 amide bonds. The number of aromatic nitrogens is 2. The molecule has 0 saturated heterocycles. The normalized spacial score (nSPS) is 15.2. The number of thioether (sulfide) groups is 1. The van der Waals surface area contributed by atoms with Gasteiger partial charge in [-0.25, -0.2) is 9.37 Å². The average molecular weight is 441 g/mol. The Bertz CT molecular complexity index is 1200. The fourth-order valence-corrected chi connectivity index (χ4v) is 4.38. The van der Waals surface area contributed by atoms with Gasteiger partial charge in [-0.15, -0.1) is 0 Å². The van der Waals surface area contributed by atoms with E-state index in [1.54, 1.807) is 36.4 Å². The number of carbonyl (C=O) groups excluding carboxylic acids is 1. The molecule has 2 aromatic carbocycles. The van der Waals surface area contributed by atoms with Gasteiger partial charge in [-0.1, -0.05) is 36.0 Å². The molecule has 0 saturated carbocycles. The molecule has 4 rings (SSSR count). The first kappa shape index (κ1) is 20.9. The van der Waals surface area contributed by atoms with E-state index in [0.717, 1.165) is 5.56 Å². The predicted octanol–water partition coefficient (Wildman–Crippen LogP) is 3.69. The summed E-state index contributed by atoms with van der Waals surface area (Å²) in [5.74, 6) is 0.531. The third-order valence-corrected chi connectivity index (χ3v) is 5.98. The van der Waals surface area contributed by atoms with Crippen molar-refractivity contribution in [1.29, 1.82) is 0 Å². The molecule has 0 spiro atoms. The molecule has 0 aliphatic carbocycles. The lowest BCUT2D eigenvalue weighted by atomic mass is 9.86. The smallest absolute Gasteiger partial charge is 0.257 e. The summed E-state index contributed by atoms with van der Waals surface area (Å²) in [6.45, 7) is 0. The van der Waals surface area contributed by atoms with Gasteiger partial charge in [0.1, 0.15) is 11.6 Å². The summed E-state index contributed by atoms with van der Waals surface area (Å²) in [5.41, 5.74) is 1.27. The van der Waals surface area contributed by atoms with Gasteiger partial charge in [0.2, 0.25) is 5.91 Å². The second kappa shape index (κ2) is 8.81. The summed E-state index contributed by atoms with van der Waals surface area (Å²) < 4.78 is 24.5. The number of hydrogen-bond donors (Lipinski definition) is 2. The lowest BCUT2D eigenvalue weighted by Gasteiger charge is -2.25. The number of amides is 1. The van der Waals surface area contributed by atoms with Crippen LogP contribution in [-0.2, 0) is 10.5 Å². The Morgan fingerprint density at radius 1 is 1.13 bits per heavy atom. The molecule has 160 valence electrons. The molecule has 31 heavy (non-hydrogen) atoms. The molecule has 7 nitrogen and oxygen atoms in total. The van der Waals surface area contributed by atoms with Crippen LogP contribution >= 0.6 is 11.8 Å². The van der Waals surface area contributed by atoms with Crippen LogP contribution in [0.25, 0.3) is 0 Å². The molecule has 9 heteroatoms. The fourth-order valence-electron chi connectivity index (χ4n) is 3.53. The minimum absolute atomic E-state index is 0.106. The van der Waals surface area contributed by atoms with E-state index < -0.39 is 5.92 Å². The number of nitrogens with one attached hydrogen (secondary N) is 2. The van der Waals surface area contributed by atoms with Crippen molar-refractivity contribution in [2.45, 2.75) is 23.2 Å². The number of nitrogens with zero attached hydrogens (tertiary/aromatic N) is 1. The first-order valence-corrected chi connectivity index (χ1v) is 10.5. The van der Waals surface area contributed by atoms with Crippen LogP contribution in [0, 0.1) is 5.82 Å². The highest BCUT2D eigenvalue weighted by atomic mass is 32.2. The van der Waals surface area contributed by atoms with Gasteiger partial charge in [0, 0.05) is 18.1 Å². The van der Waals surface area contributed by atoms with Crippen LogP contribution in [0.3, 0.4) is 0 Å². The molecule has 0 unspecified atom stereocenters. The molecule has 2 heterocycles. The molecule has 0 radical (unpaired) electrons. The Morgan fingerprint density at radius 3 is 2.65 bits per heavy atom. The van der Waals surface area contributed by atoms with Crippen molar-refractivity contribution < 1.29 is 18.7 Å². The van der Waals surface area contributed by atoms with Gasteiger partial charge < -0.3 is 19.8 Å². The third kappa shape index (κ3) is 4.27. The molecule has 1 aliphatic heterocycles. The summed E-state index contributed by atoms with van der Waals surface area (Å²) >= 11 is 1.19. The van der Waals surface area contributed by atoms with Crippen LogP contribution in [-0.4, -0.2) is 30.1 Å². The van der Waals surface area contributed by atoms with Crippen LogP contribution in [0.15, 0.2) is 52.4 Å². The van der Waals surface area contributed by atoms with Crippen molar-refractivity contribution in [2.75, 3.05) is 19.5 Å². The number of aromatic amines is 1. The van der Waals surface area contributed by atoms with E-state index >= 15 is 0 Å². The Morgan fingerprint density at radius 2 is 1.90 bits per heavy atom. The van der Waals surface area contributed by atoms with Gasteiger partial charge >= 0.3 is 0 Å². The zero-order valence-electron chi connectivity index (χ0n) is 16.9. The Kier molecular flexibility index (Phi) is 5.94. The summed E-state index contributed by atoms with van der Waals surface area (Å²) in [7, 11) is 3.06. The topological polar surface area (TPSA) is 93.3 Å². The van der Waals surface area contributed by atoms with Gasteiger partial charge in [-0.3, -0.25) is 9.59 Å². The lowest BCUT2D eigenvalue weighted by molar-refractivity contribution is -0.116. The van der Waals surface area contributed by atoms with E-state index in [4.69, 9.17) is 9.47 Å². The predicted molar refractivity (Wildman–Crippen MR) is 115 cm³/mol. The van der Waals surface area contributed by atoms with E-state index in [2.05, 4.69) is 15.3 Å².